The highest BCUT2D eigenvalue weighted by molar-refractivity contribution is 7.66. The smallest absolute Gasteiger partial charge is 0.408 e. The molecule has 0 aromatic heterocycles. The first-order valence-corrected chi connectivity index (χ1v) is 10.8. The fourth-order valence-electron chi connectivity index (χ4n) is 1.98. The summed E-state index contributed by atoms with van der Waals surface area (Å²) in [5.41, 5.74) is -1.48. The van der Waals surface area contributed by atoms with Gasteiger partial charge in [0.25, 0.3) is 0 Å². The number of benzene rings is 1. The molecule has 1 amide bonds. The van der Waals surface area contributed by atoms with Crippen molar-refractivity contribution < 1.29 is 28.2 Å². The molecule has 152 valence electrons. The molecular formula is C19H30NO6P. The van der Waals surface area contributed by atoms with E-state index in [-0.39, 0.29) is 6.61 Å². The number of esters is 1. The molecule has 1 aromatic carbocycles. The van der Waals surface area contributed by atoms with Gasteiger partial charge in [0.1, 0.15) is 11.2 Å². The number of hydrogen-bond acceptors (Lipinski definition) is 6. The van der Waals surface area contributed by atoms with Crippen LogP contribution >= 0.6 is 7.37 Å². The predicted octanol–water partition coefficient (Wildman–Crippen LogP) is 3.47. The maximum atomic E-state index is 12.8. The summed E-state index contributed by atoms with van der Waals surface area (Å²) in [5.74, 6) is -0.693. The summed E-state index contributed by atoms with van der Waals surface area (Å²) in [7, 11) is -3.17. The SMILES string of the molecule is CC(C)(C)OC(=O)N[C@@H](CO[P@@](C)(=O)c1ccccc1)C(=O)OC(C)(C)C. The van der Waals surface area contributed by atoms with Crippen molar-refractivity contribution in [3.8, 4) is 0 Å². The number of ether oxygens (including phenoxy) is 2. The normalized spacial score (nSPS) is 15.4. The van der Waals surface area contributed by atoms with Gasteiger partial charge < -0.3 is 19.3 Å². The summed E-state index contributed by atoms with van der Waals surface area (Å²) in [5, 5.41) is 2.96. The van der Waals surface area contributed by atoms with E-state index in [0.29, 0.717) is 5.30 Å². The van der Waals surface area contributed by atoms with Crippen molar-refractivity contribution >= 4 is 24.7 Å². The molecule has 0 radical (unpaired) electrons. The fraction of sp³-hybridized carbons (Fsp3) is 0.579. The van der Waals surface area contributed by atoms with Crippen LogP contribution in [0.3, 0.4) is 0 Å². The molecule has 0 bridgehead atoms. The van der Waals surface area contributed by atoms with E-state index in [4.69, 9.17) is 14.0 Å². The zero-order valence-corrected chi connectivity index (χ0v) is 18.0. The van der Waals surface area contributed by atoms with Gasteiger partial charge in [-0.1, -0.05) is 18.2 Å². The van der Waals surface area contributed by atoms with Crippen LogP contribution in [-0.4, -0.2) is 42.6 Å². The van der Waals surface area contributed by atoms with Gasteiger partial charge in [-0.05, 0) is 53.7 Å². The summed E-state index contributed by atoms with van der Waals surface area (Å²) in [4.78, 5) is 24.5. The first-order valence-electron chi connectivity index (χ1n) is 8.70. The Morgan fingerprint density at radius 3 is 2.00 bits per heavy atom. The Kier molecular flexibility index (Phi) is 7.64. The maximum absolute atomic E-state index is 12.8. The minimum atomic E-state index is -3.17. The molecule has 0 aliphatic heterocycles. The second kappa shape index (κ2) is 8.89. The largest absolute Gasteiger partial charge is 0.458 e. The number of rotatable bonds is 6. The Labute approximate surface area is 161 Å². The van der Waals surface area contributed by atoms with Crippen LogP contribution in [0.5, 0.6) is 0 Å². The van der Waals surface area contributed by atoms with Crippen LogP contribution in [-0.2, 0) is 23.4 Å². The van der Waals surface area contributed by atoms with Gasteiger partial charge >= 0.3 is 12.1 Å². The van der Waals surface area contributed by atoms with Crippen LogP contribution in [0, 0.1) is 0 Å². The molecule has 27 heavy (non-hydrogen) atoms. The minimum Gasteiger partial charge on any atom is -0.458 e. The third-order valence-corrected chi connectivity index (χ3v) is 4.97. The first kappa shape index (κ1) is 23.2. The standard InChI is InChI=1S/C19H30NO6P/c1-18(2,3)25-16(21)15(20-17(22)26-19(4,5)6)13-24-27(7,23)14-11-9-8-10-12-14/h8-12,15H,13H2,1-7H3,(H,20,22)/t15-,27+/m0/s1. The van der Waals surface area contributed by atoms with Gasteiger partial charge in [-0.15, -0.1) is 0 Å². The molecule has 0 fully saturated rings. The van der Waals surface area contributed by atoms with Gasteiger partial charge in [-0.3, -0.25) is 4.57 Å². The molecule has 8 heteroatoms. The Morgan fingerprint density at radius 1 is 1.00 bits per heavy atom. The van der Waals surface area contributed by atoms with Crippen LogP contribution in [0.15, 0.2) is 30.3 Å². The highest BCUT2D eigenvalue weighted by Crippen LogP contribution is 2.41. The number of carbonyl (C=O) groups is 2. The zero-order chi connectivity index (χ0) is 20.9. The van der Waals surface area contributed by atoms with E-state index in [9.17, 15) is 14.2 Å². The maximum Gasteiger partial charge on any atom is 0.408 e. The van der Waals surface area contributed by atoms with Gasteiger partial charge in [0, 0.05) is 12.0 Å². The lowest BCUT2D eigenvalue weighted by Gasteiger charge is -2.27. The third kappa shape index (κ3) is 9.07. The second-order valence-corrected chi connectivity index (χ2v) is 10.7. The average molecular weight is 399 g/mol. The lowest BCUT2D eigenvalue weighted by Crippen LogP contribution is -2.48. The number of nitrogens with one attached hydrogen (secondary N) is 1. The van der Waals surface area contributed by atoms with Crippen LogP contribution < -0.4 is 10.6 Å². The molecule has 0 spiro atoms. The number of amides is 1. The molecule has 1 aromatic rings. The van der Waals surface area contributed by atoms with Crippen molar-refractivity contribution in [2.24, 2.45) is 0 Å². The predicted molar refractivity (Wildman–Crippen MR) is 105 cm³/mol. The van der Waals surface area contributed by atoms with E-state index >= 15 is 0 Å². The molecule has 0 aliphatic carbocycles. The van der Waals surface area contributed by atoms with E-state index in [1.807, 2.05) is 0 Å². The molecule has 0 saturated heterocycles. The number of carbonyl (C=O) groups excluding carboxylic acids is 2. The van der Waals surface area contributed by atoms with E-state index in [2.05, 4.69) is 5.32 Å². The minimum absolute atomic E-state index is 0.309. The van der Waals surface area contributed by atoms with Gasteiger partial charge in [0.15, 0.2) is 6.04 Å². The lowest BCUT2D eigenvalue weighted by molar-refractivity contribution is -0.158. The van der Waals surface area contributed by atoms with Gasteiger partial charge in [0.05, 0.1) is 6.61 Å². The van der Waals surface area contributed by atoms with Gasteiger partial charge in [0.2, 0.25) is 7.37 Å². The molecule has 1 N–H and O–H groups in total. The number of alkyl carbamates (subject to hydrolysis) is 1. The van der Waals surface area contributed by atoms with Gasteiger partial charge in [-0.25, -0.2) is 9.59 Å². The summed E-state index contributed by atoms with van der Waals surface area (Å²) in [6.07, 6.45) is -0.785. The molecule has 0 aliphatic rings. The Morgan fingerprint density at radius 2 is 1.52 bits per heavy atom. The summed E-state index contributed by atoms with van der Waals surface area (Å²) in [6.45, 7) is 11.4. The molecule has 1 rings (SSSR count). The molecule has 7 nitrogen and oxygen atoms in total. The Hall–Kier alpha value is -1.85. The van der Waals surface area contributed by atoms with Crippen molar-refractivity contribution in [2.75, 3.05) is 13.3 Å². The summed E-state index contributed by atoms with van der Waals surface area (Å²) < 4.78 is 28.9. The fourth-order valence-corrected chi connectivity index (χ4v) is 3.28. The second-order valence-electron chi connectivity index (χ2n) is 8.21. The third-order valence-electron chi connectivity index (χ3n) is 3.10. The van der Waals surface area contributed by atoms with E-state index in [1.165, 1.54) is 6.66 Å². The zero-order valence-electron chi connectivity index (χ0n) is 17.1. The molecule has 0 heterocycles. The van der Waals surface area contributed by atoms with Crippen molar-refractivity contribution in [1.82, 2.24) is 5.32 Å². The Bertz CT molecular complexity index is 690. The molecule has 0 unspecified atom stereocenters. The van der Waals surface area contributed by atoms with Crippen LogP contribution in [0.1, 0.15) is 41.5 Å². The average Bonchev–Trinajstić information content (AvgIpc) is 2.48. The van der Waals surface area contributed by atoms with Crippen molar-refractivity contribution in [1.29, 1.82) is 0 Å². The quantitative estimate of drug-likeness (QED) is 0.582. The number of hydrogen-bond donors (Lipinski definition) is 1. The summed E-state index contributed by atoms with van der Waals surface area (Å²) >= 11 is 0. The van der Waals surface area contributed by atoms with E-state index in [1.54, 1.807) is 71.9 Å². The first-order chi connectivity index (χ1) is 12.2. The highest BCUT2D eigenvalue weighted by atomic mass is 31.2. The van der Waals surface area contributed by atoms with Crippen LogP contribution in [0.25, 0.3) is 0 Å². The van der Waals surface area contributed by atoms with Crippen molar-refractivity contribution in [2.45, 2.75) is 58.8 Å². The molecule has 0 saturated carbocycles. The van der Waals surface area contributed by atoms with E-state index < -0.39 is 36.7 Å². The topological polar surface area (TPSA) is 90.9 Å². The molecule has 2 atom stereocenters. The highest BCUT2D eigenvalue weighted by Gasteiger charge is 2.31. The molecular weight excluding hydrogens is 369 g/mol. The van der Waals surface area contributed by atoms with Gasteiger partial charge in [-0.2, -0.15) is 0 Å². The van der Waals surface area contributed by atoms with Crippen molar-refractivity contribution in [3.05, 3.63) is 30.3 Å². The van der Waals surface area contributed by atoms with Crippen LogP contribution in [0.2, 0.25) is 0 Å². The summed E-state index contributed by atoms with van der Waals surface area (Å²) in [6, 6.07) is 7.51. The Balaban J connectivity index is 2.89. The van der Waals surface area contributed by atoms with E-state index in [0.717, 1.165) is 0 Å². The monoisotopic (exact) mass is 399 g/mol. The van der Waals surface area contributed by atoms with Crippen LogP contribution in [0.4, 0.5) is 4.79 Å². The van der Waals surface area contributed by atoms with Crippen molar-refractivity contribution in [3.63, 3.8) is 0 Å². The lowest BCUT2D eigenvalue weighted by atomic mass is 10.2.